The van der Waals surface area contributed by atoms with Crippen LogP contribution in [-0.4, -0.2) is 53.7 Å². The molecule has 4 aliphatic rings. The number of allylic oxidation sites excluding steroid dienone is 6. The molecule has 1 fully saturated rings. The molecule has 9 nitrogen and oxygen atoms in total. The van der Waals surface area contributed by atoms with E-state index >= 15 is 0 Å². The van der Waals surface area contributed by atoms with E-state index in [0.29, 0.717) is 32.9 Å². The summed E-state index contributed by atoms with van der Waals surface area (Å²) in [7, 11) is 2.53. The molecule has 4 atom stereocenters. The van der Waals surface area contributed by atoms with E-state index in [1.807, 2.05) is 6.08 Å². The Hall–Kier alpha value is -4.01. The number of benzene rings is 1. The maximum absolute atomic E-state index is 13.3. The topological polar surface area (TPSA) is 127 Å². The second-order valence-electron chi connectivity index (χ2n) is 9.14. The van der Waals surface area contributed by atoms with Gasteiger partial charge in [-0.25, -0.2) is 4.79 Å². The molecule has 5 rings (SSSR count). The fourth-order valence-electron chi connectivity index (χ4n) is 5.95. The summed E-state index contributed by atoms with van der Waals surface area (Å²) >= 11 is 0. The average Bonchev–Trinajstić information content (AvgIpc) is 3.10. The molecular formula is C26H23NO8. The number of amides is 3. The molecule has 9 heteroatoms. The minimum absolute atomic E-state index is 0.0306. The Morgan fingerprint density at radius 1 is 1.09 bits per heavy atom. The van der Waals surface area contributed by atoms with Crippen molar-refractivity contribution in [2.24, 2.45) is 17.8 Å². The highest BCUT2D eigenvalue weighted by atomic mass is 16.5. The summed E-state index contributed by atoms with van der Waals surface area (Å²) in [4.78, 5) is 65.5. The molecule has 1 N–H and O–H groups in total. The van der Waals surface area contributed by atoms with Gasteiger partial charge in [0, 0.05) is 34.3 Å². The number of rotatable bonds is 2. The average molecular weight is 477 g/mol. The third kappa shape index (κ3) is 3.18. The van der Waals surface area contributed by atoms with Crippen molar-refractivity contribution in [1.29, 1.82) is 0 Å². The zero-order chi connectivity index (χ0) is 25.2. The molecule has 1 saturated heterocycles. The Bertz CT molecular complexity index is 1320. The van der Waals surface area contributed by atoms with Gasteiger partial charge in [0.15, 0.2) is 11.6 Å². The number of carbonyl (C=O) groups excluding carboxylic acids is 5. The zero-order valence-corrected chi connectivity index (χ0v) is 19.4. The van der Waals surface area contributed by atoms with E-state index in [0.717, 1.165) is 12.7 Å². The summed E-state index contributed by atoms with van der Waals surface area (Å²) in [5.74, 6) is -4.50. The fraction of sp³-hybridized carbons (Fsp3) is 0.346. The SMILES string of the molecule is COC(=O)N1C(=O)[C@H]2[C@H](CC=C3[C@H](c4ccc(O)cc4OC)C4=C(C[C@H]32)C(=O)C(C)=CC4=O)C1=O. The minimum atomic E-state index is -1.04. The number of phenolic OH excluding ortho intramolecular Hbond substituents is 1. The molecule has 3 aliphatic carbocycles. The Kier molecular flexibility index (Phi) is 5.23. The monoisotopic (exact) mass is 477 g/mol. The molecule has 3 amide bonds. The molecule has 35 heavy (non-hydrogen) atoms. The maximum Gasteiger partial charge on any atom is 0.423 e. The van der Waals surface area contributed by atoms with Crippen LogP contribution in [-0.2, 0) is 23.9 Å². The first-order valence-corrected chi connectivity index (χ1v) is 11.2. The van der Waals surface area contributed by atoms with E-state index in [2.05, 4.69) is 4.74 Å². The Labute approximate surface area is 200 Å². The van der Waals surface area contributed by atoms with Crippen molar-refractivity contribution in [2.75, 3.05) is 14.2 Å². The number of methoxy groups -OCH3 is 2. The second kappa shape index (κ2) is 8.04. The molecule has 0 unspecified atom stereocenters. The van der Waals surface area contributed by atoms with E-state index in [1.54, 1.807) is 13.0 Å². The predicted octanol–water partition coefficient (Wildman–Crippen LogP) is 2.60. The summed E-state index contributed by atoms with van der Waals surface area (Å²) in [6.45, 7) is 1.57. The summed E-state index contributed by atoms with van der Waals surface area (Å²) in [6.07, 6.45) is 2.41. The fourth-order valence-corrected chi connectivity index (χ4v) is 5.95. The highest BCUT2D eigenvalue weighted by Gasteiger charge is 2.58. The lowest BCUT2D eigenvalue weighted by Gasteiger charge is -2.42. The van der Waals surface area contributed by atoms with Gasteiger partial charge in [-0.15, -0.1) is 0 Å². The van der Waals surface area contributed by atoms with Crippen LogP contribution >= 0.6 is 0 Å². The normalized spacial score (nSPS) is 27.7. The number of hydrogen-bond donors (Lipinski definition) is 1. The number of imide groups is 3. The first kappa shape index (κ1) is 22.8. The molecule has 1 aromatic rings. The minimum Gasteiger partial charge on any atom is -0.508 e. The lowest BCUT2D eigenvalue weighted by Crippen LogP contribution is -2.40. The van der Waals surface area contributed by atoms with Crippen LogP contribution < -0.4 is 4.74 Å². The van der Waals surface area contributed by atoms with Gasteiger partial charge in [0.05, 0.1) is 26.1 Å². The molecular weight excluding hydrogens is 454 g/mol. The molecule has 0 spiro atoms. The van der Waals surface area contributed by atoms with E-state index in [1.165, 1.54) is 25.3 Å². The number of hydrogen-bond acceptors (Lipinski definition) is 8. The van der Waals surface area contributed by atoms with Crippen molar-refractivity contribution >= 4 is 29.5 Å². The molecule has 1 heterocycles. The second-order valence-corrected chi connectivity index (χ2v) is 9.14. The summed E-state index contributed by atoms with van der Waals surface area (Å²) in [5.41, 5.74) is 2.19. The summed E-state index contributed by atoms with van der Waals surface area (Å²) in [6, 6.07) is 4.52. The molecule has 1 aromatic carbocycles. The smallest absolute Gasteiger partial charge is 0.423 e. The van der Waals surface area contributed by atoms with Gasteiger partial charge < -0.3 is 14.6 Å². The van der Waals surface area contributed by atoms with Crippen LogP contribution in [0.15, 0.2) is 52.6 Å². The third-order valence-corrected chi connectivity index (χ3v) is 7.45. The first-order chi connectivity index (χ1) is 16.7. The molecule has 180 valence electrons. The van der Waals surface area contributed by atoms with Crippen molar-refractivity contribution in [3.05, 3.63) is 58.2 Å². The Balaban J connectivity index is 1.70. The van der Waals surface area contributed by atoms with Gasteiger partial charge in [0.25, 0.3) is 0 Å². The number of likely N-dealkylation sites (tertiary alicyclic amines) is 1. The van der Waals surface area contributed by atoms with Gasteiger partial charge in [-0.2, -0.15) is 4.90 Å². The van der Waals surface area contributed by atoms with Crippen LogP contribution in [0.3, 0.4) is 0 Å². The molecule has 1 aliphatic heterocycles. The standard InChI is InChI=1S/C26H23NO8/c1-11-8-18(29)22-17(23(11)30)10-16-13(20(22)14-5-4-12(28)9-19(14)34-2)6-7-15-21(16)25(32)27(24(15)31)26(33)35-3/h4-6,8-9,15-16,20-21,28H,7,10H2,1-3H3/t15-,16+,20+,21-/m0/s1. The highest BCUT2D eigenvalue weighted by molar-refractivity contribution is 6.24. The lowest BCUT2D eigenvalue weighted by atomic mass is 9.59. The van der Waals surface area contributed by atoms with Crippen molar-refractivity contribution in [2.45, 2.75) is 25.7 Å². The van der Waals surface area contributed by atoms with Gasteiger partial charge in [-0.05, 0) is 37.8 Å². The van der Waals surface area contributed by atoms with Gasteiger partial charge >= 0.3 is 6.09 Å². The van der Waals surface area contributed by atoms with E-state index < -0.39 is 41.6 Å². The van der Waals surface area contributed by atoms with Gasteiger partial charge in [-0.3, -0.25) is 19.2 Å². The largest absolute Gasteiger partial charge is 0.508 e. The zero-order valence-electron chi connectivity index (χ0n) is 19.4. The number of carbonyl (C=O) groups is 5. The summed E-state index contributed by atoms with van der Waals surface area (Å²) in [5, 5.41) is 9.98. The van der Waals surface area contributed by atoms with Crippen LogP contribution in [0.2, 0.25) is 0 Å². The quantitative estimate of drug-likeness (QED) is 0.391. The molecule has 0 aromatic heterocycles. The van der Waals surface area contributed by atoms with E-state index in [4.69, 9.17) is 4.74 Å². The summed E-state index contributed by atoms with van der Waals surface area (Å²) < 4.78 is 10.2. The third-order valence-electron chi connectivity index (χ3n) is 7.45. The molecule has 0 bridgehead atoms. The Morgan fingerprint density at radius 2 is 1.83 bits per heavy atom. The van der Waals surface area contributed by atoms with Crippen molar-refractivity contribution in [3.63, 3.8) is 0 Å². The highest BCUT2D eigenvalue weighted by Crippen LogP contribution is 2.56. The Morgan fingerprint density at radius 3 is 2.51 bits per heavy atom. The molecule has 0 radical (unpaired) electrons. The number of ether oxygens (including phenoxy) is 2. The number of phenols is 1. The van der Waals surface area contributed by atoms with Crippen LogP contribution in [0.4, 0.5) is 4.79 Å². The number of ketones is 2. The number of Topliss-reactive ketones (excluding diaryl/α,β-unsaturated/α-hetero) is 1. The van der Waals surface area contributed by atoms with Crippen LogP contribution in [0.5, 0.6) is 11.5 Å². The van der Waals surface area contributed by atoms with E-state index in [-0.39, 0.29) is 30.2 Å². The first-order valence-electron chi connectivity index (χ1n) is 11.2. The molecule has 0 saturated carbocycles. The van der Waals surface area contributed by atoms with Crippen molar-refractivity contribution < 1.29 is 38.6 Å². The van der Waals surface area contributed by atoms with E-state index in [9.17, 15) is 29.1 Å². The maximum atomic E-state index is 13.3. The number of aromatic hydroxyl groups is 1. The number of nitrogens with zero attached hydrogens (tertiary/aromatic N) is 1. The number of fused-ring (bicyclic) bond motifs is 3. The van der Waals surface area contributed by atoms with Crippen LogP contribution in [0.1, 0.15) is 31.2 Å². The van der Waals surface area contributed by atoms with Crippen LogP contribution in [0.25, 0.3) is 0 Å². The van der Waals surface area contributed by atoms with Gasteiger partial charge in [0.1, 0.15) is 11.5 Å². The van der Waals surface area contributed by atoms with Crippen molar-refractivity contribution in [1.82, 2.24) is 4.90 Å². The van der Waals surface area contributed by atoms with Gasteiger partial charge in [-0.1, -0.05) is 17.7 Å². The predicted molar refractivity (Wildman–Crippen MR) is 120 cm³/mol. The van der Waals surface area contributed by atoms with Crippen molar-refractivity contribution in [3.8, 4) is 11.5 Å². The van der Waals surface area contributed by atoms with Crippen LogP contribution in [0, 0.1) is 17.8 Å². The van der Waals surface area contributed by atoms with Gasteiger partial charge in [0.2, 0.25) is 11.8 Å². The lowest BCUT2D eigenvalue weighted by molar-refractivity contribution is -0.137.